The first-order valence-corrected chi connectivity index (χ1v) is 9.34. The Morgan fingerprint density at radius 3 is 2.21 bits per heavy atom. The summed E-state index contributed by atoms with van der Waals surface area (Å²) in [5, 5.41) is 0. The first kappa shape index (κ1) is 17.3. The first-order chi connectivity index (χ1) is 8.98. The number of esters is 1. The van der Waals surface area contributed by atoms with Gasteiger partial charge >= 0.3 is 14.8 Å². The van der Waals surface area contributed by atoms with Crippen molar-refractivity contribution in [1.29, 1.82) is 0 Å². The van der Waals surface area contributed by atoms with E-state index < -0.39 is 14.8 Å². The van der Waals surface area contributed by atoms with Crippen LogP contribution in [-0.4, -0.2) is 42.3 Å². The molecule has 0 saturated carbocycles. The Bertz CT molecular complexity index is 442. The minimum Gasteiger partial charge on any atom is -0.457 e. The van der Waals surface area contributed by atoms with E-state index in [9.17, 15) is 4.79 Å². The summed E-state index contributed by atoms with van der Waals surface area (Å²) < 4.78 is 22.7. The summed E-state index contributed by atoms with van der Waals surface area (Å²) in [5.74, 6) is -0.413. The molecule has 0 N–H and O–H groups in total. The van der Waals surface area contributed by atoms with Gasteiger partial charge in [0.05, 0.1) is 5.56 Å². The van der Waals surface area contributed by atoms with Crippen molar-refractivity contribution in [2.24, 2.45) is 0 Å². The molecule has 5 nitrogen and oxygen atoms in total. The minimum atomic E-state index is -2.89. The van der Waals surface area contributed by atoms with E-state index in [4.69, 9.17) is 18.0 Å². The highest BCUT2D eigenvalue weighted by Crippen LogP contribution is 2.17. The maximum absolute atomic E-state index is 12.0. The van der Waals surface area contributed by atoms with Crippen LogP contribution in [0.2, 0.25) is 0 Å². The van der Waals surface area contributed by atoms with Gasteiger partial charge in [-0.1, -0.05) is 0 Å². The fourth-order valence-electron chi connectivity index (χ4n) is 1.31. The molecule has 1 rings (SSSR count). The minimum absolute atomic E-state index is 0.0165. The Kier molecular flexibility index (Phi) is 7.17. The Hall–Kier alpha value is 0.247. The maximum atomic E-state index is 12.0. The van der Waals surface area contributed by atoms with Crippen molar-refractivity contribution in [2.45, 2.75) is 0 Å². The zero-order valence-electron chi connectivity index (χ0n) is 10.7. The molecule has 0 unspecified atom stereocenters. The summed E-state index contributed by atoms with van der Waals surface area (Å²) in [6.45, 7) is 0. The van der Waals surface area contributed by atoms with Crippen LogP contribution >= 0.6 is 45.2 Å². The van der Waals surface area contributed by atoms with Crippen LogP contribution in [0.1, 0.15) is 10.4 Å². The zero-order chi connectivity index (χ0) is 14.5. The van der Waals surface area contributed by atoms with E-state index in [1.165, 1.54) is 21.3 Å². The molecule has 0 atom stereocenters. The van der Waals surface area contributed by atoms with Gasteiger partial charge in [-0.05, 0) is 63.4 Å². The second kappa shape index (κ2) is 7.88. The molecule has 0 radical (unpaired) electrons. The molecule has 0 fully saturated rings. The van der Waals surface area contributed by atoms with Crippen molar-refractivity contribution in [1.82, 2.24) is 0 Å². The third-order valence-corrected chi connectivity index (χ3v) is 6.39. The van der Waals surface area contributed by atoms with Crippen molar-refractivity contribution in [3.63, 3.8) is 0 Å². The Labute approximate surface area is 140 Å². The average Bonchev–Trinajstić information content (AvgIpc) is 2.40. The number of carbonyl (C=O) groups excluding carboxylic acids is 1. The van der Waals surface area contributed by atoms with Crippen molar-refractivity contribution in [3.05, 3.63) is 30.9 Å². The third-order valence-electron chi connectivity index (χ3n) is 2.46. The Morgan fingerprint density at radius 1 is 1.16 bits per heavy atom. The lowest BCUT2D eigenvalue weighted by Crippen LogP contribution is -2.48. The molecule has 19 heavy (non-hydrogen) atoms. The summed E-state index contributed by atoms with van der Waals surface area (Å²) in [4.78, 5) is 12.0. The second-order valence-corrected chi connectivity index (χ2v) is 8.78. The van der Waals surface area contributed by atoms with Crippen LogP contribution in [0.15, 0.2) is 18.2 Å². The van der Waals surface area contributed by atoms with Crippen LogP contribution in [0.4, 0.5) is 0 Å². The molecule has 0 spiro atoms. The monoisotopic (exact) mass is 508 g/mol. The average molecular weight is 508 g/mol. The number of halogens is 2. The van der Waals surface area contributed by atoms with Gasteiger partial charge in [0.2, 0.25) is 0 Å². The van der Waals surface area contributed by atoms with Crippen molar-refractivity contribution >= 4 is 60.0 Å². The van der Waals surface area contributed by atoms with E-state index in [1.54, 1.807) is 6.07 Å². The molecule has 0 amide bonds. The Morgan fingerprint density at radius 2 is 1.74 bits per heavy atom. The number of ether oxygens (including phenoxy) is 1. The van der Waals surface area contributed by atoms with Crippen LogP contribution in [-0.2, 0) is 18.0 Å². The largest absolute Gasteiger partial charge is 0.539 e. The van der Waals surface area contributed by atoms with E-state index >= 15 is 0 Å². The second-order valence-electron chi connectivity index (χ2n) is 3.50. The summed E-state index contributed by atoms with van der Waals surface area (Å²) in [6, 6.07) is 5.50. The lowest BCUT2D eigenvalue weighted by molar-refractivity contribution is 0.0396. The first-order valence-electron chi connectivity index (χ1n) is 5.25. The number of rotatable bonds is 6. The number of benzene rings is 1. The molecule has 1 aromatic rings. The van der Waals surface area contributed by atoms with E-state index in [1.807, 2.05) is 12.1 Å². The summed E-state index contributed by atoms with van der Waals surface area (Å²) >= 11 is 4.29. The van der Waals surface area contributed by atoms with E-state index in [0.717, 1.165) is 7.14 Å². The smallest absolute Gasteiger partial charge is 0.457 e. The maximum Gasteiger partial charge on any atom is 0.539 e. The van der Waals surface area contributed by atoms with Crippen LogP contribution in [0, 0.1) is 7.14 Å². The molecule has 8 heteroatoms. The fourth-order valence-corrected chi connectivity index (χ4v) is 4.30. The van der Waals surface area contributed by atoms with Crippen LogP contribution in [0.3, 0.4) is 0 Å². The van der Waals surface area contributed by atoms with E-state index in [-0.39, 0.29) is 6.23 Å². The van der Waals surface area contributed by atoms with E-state index in [0.29, 0.717) is 5.56 Å². The topological polar surface area (TPSA) is 54.0 Å². The van der Waals surface area contributed by atoms with Crippen molar-refractivity contribution in [3.8, 4) is 0 Å². The normalized spacial score (nSPS) is 11.4. The van der Waals surface area contributed by atoms with Crippen molar-refractivity contribution < 1.29 is 22.8 Å². The predicted molar refractivity (Wildman–Crippen MR) is 88.9 cm³/mol. The molecular formula is C11H14I2O5Si. The quantitative estimate of drug-likeness (QED) is 0.336. The molecule has 0 heterocycles. The van der Waals surface area contributed by atoms with Gasteiger partial charge < -0.3 is 18.0 Å². The van der Waals surface area contributed by atoms with E-state index in [2.05, 4.69) is 45.2 Å². The third kappa shape index (κ3) is 4.63. The highest BCUT2D eigenvalue weighted by molar-refractivity contribution is 14.1. The van der Waals surface area contributed by atoms with Crippen LogP contribution in [0.25, 0.3) is 0 Å². The van der Waals surface area contributed by atoms with Crippen LogP contribution in [0.5, 0.6) is 0 Å². The number of hydrogen-bond acceptors (Lipinski definition) is 5. The molecule has 0 aromatic heterocycles. The summed E-state index contributed by atoms with van der Waals surface area (Å²) in [5.41, 5.74) is 0.521. The number of carbonyl (C=O) groups is 1. The molecular weight excluding hydrogens is 494 g/mol. The highest BCUT2D eigenvalue weighted by atomic mass is 127. The predicted octanol–water partition coefficient (Wildman–Crippen LogP) is 2.47. The number of hydrogen-bond donors (Lipinski definition) is 0. The lowest BCUT2D eigenvalue weighted by atomic mass is 10.2. The highest BCUT2D eigenvalue weighted by Gasteiger charge is 2.40. The van der Waals surface area contributed by atoms with Gasteiger partial charge in [-0.3, -0.25) is 0 Å². The molecule has 0 aliphatic heterocycles. The zero-order valence-corrected chi connectivity index (χ0v) is 16.1. The molecule has 0 saturated heterocycles. The fraction of sp³-hybridized carbons (Fsp3) is 0.364. The van der Waals surface area contributed by atoms with Gasteiger partial charge in [-0.15, -0.1) is 0 Å². The van der Waals surface area contributed by atoms with Gasteiger partial charge in [-0.2, -0.15) is 0 Å². The van der Waals surface area contributed by atoms with Gasteiger partial charge in [0, 0.05) is 28.5 Å². The van der Waals surface area contributed by atoms with Gasteiger partial charge in [0.15, 0.2) is 6.23 Å². The van der Waals surface area contributed by atoms with Gasteiger partial charge in [-0.25, -0.2) is 4.79 Å². The van der Waals surface area contributed by atoms with Crippen LogP contribution < -0.4 is 0 Å². The Balaban J connectivity index is 2.75. The summed E-state index contributed by atoms with van der Waals surface area (Å²) in [6.07, 6.45) is -0.0165. The van der Waals surface area contributed by atoms with Gasteiger partial charge in [0.25, 0.3) is 0 Å². The van der Waals surface area contributed by atoms with Gasteiger partial charge in [0.1, 0.15) is 0 Å². The lowest BCUT2D eigenvalue weighted by Gasteiger charge is -2.23. The van der Waals surface area contributed by atoms with Crippen molar-refractivity contribution in [2.75, 3.05) is 27.6 Å². The standard InChI is InChI=1S/C11H14I2O5Si/c1-15-19(16-2,17-3)7-18-11(14)9-5-4-8(12)6-10(9)13/h4-6H,7H2,1-3H3. The molecule has 0 aliphatic carbocycles. The molecule has 0 bridgehead atoms. The summed E-state index contributed by atoms with van der Waals surface area (Å²) in [7, 11) is 1.53. The molecule has 0 aliphatic rings. The molecule has 106 valence electrons. The SMILES string of the molecule is CO[Si](COC(=O)c1ccc(I)cc1I)(OC)OC. The molecule has 1 aromatic carbocycles.